The van der Waals surface area contributed by atoms with Gasteiger partial charge in [-0.25, -0.2) is 9.97 Å². The van der Waals surface area contributed by atoms with Crippen LogP contribution in [0.4, 0.5) is 11.6 Å². The van der Waals surface area contributed by atoms with Crippen LogP contribution in [-0.4, -0.2) is 21.5 Å². The van der Waals surface area contributed by atoms with E-state index < -0.39 is 0 Å². The highest BCUT2D eigenvalue weighted by atomic mass is 79.9. The summed E-state index contributed by atoms with van der Waals surface area (Å²) in [6, 6.07) is 3.98. The molecule has 88 valence electrons. The van der Waals surface area contributed by atoms with Gasteiger partial charge in [-0.2, -0.15) is 0 Å². The van der Waals surface area contributed by atoms with Crippen LogP contribution in [0.5, 0.6) is 0 Å². The minimum Gasteiger partial charge on any atom is -0.383 e. The van der Waals surface area contributed by atoms with E-state index in [2.05, 4.69) is 36.2 Å². The Kier molecular flexibility index (Phi) is 3.87. The first kappa shape index (κ1) is 11.8. The highest BCUT2D eigenvalue weighted by Gasteiger charge is 2.04. The van der Waals surface area contributed by atoms with E-state index in [1.54, 1.807) is 12.4 Å². The maximum atomic E-state index is 5.66. The Morgan fingerprint density at radius 2 is 2.00 bits per heavy atom. The van der Waals surface area contributed by atoms with E-state index in [1.165, 1.54) is 11.9 Å². The lowest BCUT2D eigenvalue weighted by molar-refractivity contribution is 0.992. The maximum Gasteiger partial charge on any atom is 0.145 e. The number of nitrogen functional groups attached to an aromatic ring is 1. The molecule has 2 aromatic heterocycles. The molecule has 2 heterocycles. The van der Waals surface area contributed by atoms with Crippen LogP contribution >= 0.6 is 15.9 Å². The fourth-order valence-corrected chi connectivity index (χ4v) is 1.73. The SMILES string of the molecule is Nc1ncnc(NCCc2ccncc2)c1Br. The zero-order valence-corrected chi connectivity index (χ0v) is 10.7. The summed E-state index contributed by atoms with van der Waals surface area (Å²) in [5, 5.41) is 3.20. The van der Waals surface area contributed by atoms with Gasteiger partial charge in [-0.05, 0) is 40.0 Å². The second-order valence-electron chi connectivity index (χ2n) is 3.45. The Hall–Kier alpha value is -1.69. The molecule has 0 amide bonds. The van der Waals surface area contributed by atoms with Gasteiger partial charge in [-0.15, -0.1) is 0 Å². The van der Waals surface area contributed by atoms with Crippen LogP contribution in [-0.2, 0) is 6.42 Å². The molecule has 0 aromatic carbocycles. The topological polar surface area (TPSA) is 76.7 Å². The van der Waals surface area contributed by atoms with Crippen molar-refractivity contribution < 1.29 is 0 Å². The van der Waals surface area contributed by atoms with Gasteiger partial charge in [-0.3, -0.25) is 4.98 Å². The molecule has 0 spiro atoms. The number of rotatable bonds is 4. The molecule has 0 unspecified atom stereocenters. The average molecular weight is 294 g/mol. The van der Waals surface area contributed by atoms with Gasteiger partial charge in [0, 0.05) is 18.9 Å². The third-order valence-corrected chi connectivity index (χ3v) is 3.05. The van der Waals surface area contributed by atoms with Gasteiger partial charge in [0.25, 0.3) is 0 Å². The molecule has 0 bridgehead atoms. The van der Waals surface area contributed by atoms with E-state index in [0.717, 1.165) is 13.0 Å². The smallest absolute Gasteiger partial charge is 0.145 e. The van der Waals surface area contributed by atoms with E-state index in [1.807, 2.05) is 12.1 Å². The number of halogens is 1. The lowest BCUT2D eigenvalue weighted by atomic mass is 10.2. The highest BCUT2D eigenvalue weighted by Crippen LogP contribution is 2.23. The molecular formula is C11H12BrN5. The number of nitrogens with two attached hydrogens (primary N) is 1. The van der Waals surface area contributed by atoms with Crippen molar-refractivity contribution in [2.75, 3.05) is 17.6 Å². The first-order valence-corrected chi connectivity index (χ1v) is 5.95. The van der Waals surface area contributed by atoms with Crippen LogP contribution in [0.1, 0.15) is 5.56 Å². The monoisotopic (exact) mass is 293 g/mol. The van der Waals surface area contributed by atoms with E-state index in [0.29, 0.717) is 16.1 Å². The second kappa shape index (κ2) is 5.58. The molecule has 2 rings (SSSR count). The zero-order valence-electron chi connectivity index (χ0n) is 9.10. The average Bonchev–Trinajstić information content (AvgIpc) is 2.36. The number of hydrogen-bond acceptors (Lipinski definition) is 5. The molecule has 3 N–H and O–H groups in total. The summed E-state index contributed by atoms with van der Waals surface area (Å²) in [5.41, 5.74) is 6.88. The van der Waals surface area contributed by atoms with Gasteiger partial charge in [-0.1, -0.05) is 0 Å². The van der Waals surface area contributed by atoms with E-state index >= 15 is 0 Å². The molecule has 2 aromatic rings. The third kappa shape index (κ3) is 3.13. The highest BCUT2D eigenvalue weighted by molar-refractivity contribution is 9.10. The molecule has 0 saturated heterocycles. The predicted molar refractivity (Wildman–Crippen MR) is 70.6 cm³/mol. The Morgan fingerprint density at radius 1 is 1.24 bits per heavy atom. The molecule has 0 aliphatic carbocycles. The maximum absolute atomic E-state index is 5.66. The van der Waals surface area contributed by atoms with Crippen LogP contribution in [0.2, 0.25) is 0 Å². The summed E-state index contributed by atoms with van der Waals surface area (Å²) in [5.74, 6) is 1.15. The summed E-state index contributed by atoms with van der Waals surface area (Å²) in [6.45, 7) is 0.777. The van der Waals surface area contributed by atoms with Crippen molar-refractivity contribution in [3.63, 3.8) is 0 Å². The van der Waals surface area contributed by atoms with Gasteiger partial charge in [0.05, 0.1) is 0 Å². The summed E-state index contributed by atoms with van der Waals surface area (Å²) >= 11 is 3.34. The van der Waals surface area contributed by atoms with Crippen LogP contribution in [0, 0.1) is 0 Å². The fourth-order valence-electron chi connectivity index (χ4n) is 1.38. The molecule has 0 radical (unpaired) electrons. The van der Waals surface area contributed by atoms with Crippen LogP contribution in [0.15, 0.2) is 35.3 Å². The van der Waals surface area contributed by atoms with Gasteiger partial charge in [0.2, 0.25) is 0 Å². The summed E-state index contributed by atoms with van der Waals surface area (Å²) < 4.78 is 0.703. The molecule has 6 heteroatoms. The molecule has 0 saturated carbocycles. The zero-order chi connectivity index (χ0) is 12.1. The molecule has 0 aliphatic heterocycles. The third-order valence-electron chi connectivity index (χ3n) is 2.27. The molecule has 0 fully saturated rings. The van der Waals surface area contributed by atoms with Gasteiger partial charge >= 0.3 is 0 Å². The summed E-state index contributed by atoms with van der Waals surface area (Å²) in [6.07, 6.45) is 5.91. The Morgan fingerprint density at radius 3 is 2.76 bits per heavy atom. The normalized spacial score (nSPS) is 10.2. The Bertz CT molecular complexity index is 488. The number of hydrogen-bond donors (Lipinski definition) is 2. The Balaban J connectivity index is 1.93. The van der Waals surface area contributed by atoms with E-state index in [4.69, 9.17) is 5.73 Å². The number of nitrogens with one attached hydrogen (secondary N) is 1. The molecule has 17 heavy (non-hydrogen) atoms. The van der Waals surface area contributed by atoms with Crippen LogP contribution < -0.4 is 11.1 Å². The van der Waals surface area contributed by atoms with Crippen molar-refractivity contribution in [3.8, 4) is 0 Å². The van der Waals surface area contributed by atoms with Gasteiger partial charge in [0.15, 0.2) is 0 Å². The molecule has 0 atom stereocenters. The predicted octanol–water partition coefficient (Wildman–Crippen LogP) is 1.87. The minimum atomic E-state index is 0.436. The number of pyridine rings is 1. The van der Waals surface area contributed by atoms with Crippen molar-refractivity contribution in [1.29, 1.82) is 0 Å². The fraction of sp³-hybridized carbons (Fsp3) is 0.182. The lowest BCUT2D eigenvalue weighted by Gasteiger charge is -2.08. The van der Waals surface area contributed by atoms with Gasteiger partial charge < -0.3 is 11.1 Å². The van der Waals surface area contributed by atoms with Crippen molar-refractivity contribution >= 4 is 27.6 Å². The van der Waals surface area contributed by atoms with Crippen LogP contribution in [0.25, 0.3) is 0 Å². The standard InChI is InChI=1S/C11H12BrN5/c12-9-10(13)16-7-17-11(9)15-6-3-8-1-4-14-5-2-8/h1-2,4-5,7H,3,6H2,(H3,13,15,16,17). The number of aromatic nitrogens is 3. The summed E-state index contributed by atoms with van der Waals surface area (Å²) in [7, 11) is 0. The molecular weight excluding hydrogens is 282 g/mol. The van der Waals surface area contributed by atoms with E-state index in [-0.39, 0.29) is 0 Å². The molecule has 5 nitrogen and oxygen atoms in total. The summed E-state index contributed by atoms with van der Waals surface area (Å²) in [4.78, 5) is 12.0. The number of nitrogens with zero attached hydrogens (tertiary/aromatic N) is 3. The second-order valence-corrected chi connectivity index (χ2v) is 4.25. The van der Waals surface area contributed by atoms with Crippen LogP contribution in [0.3, 0.4) is 0 Å². The molecule has 0 aliphatic rings. The number of anilines is 2. The first-order valence-electron chi connectivity index (χ1n) is 5.16. The van der Waals surface area contributed by atoms with Crippen molar-refractivity contribution in [3.05, 3.63) is 40.9 Å². The van der Waals surface area contributed by atoms with E-state index in [9.17, 15) is 0 Å². The minimum absolute atomic E-state index is 0.436. The van der Waals surface area contributed by atoms with Crippen molar-refractivity contribution in [2.45, 2.75) is 6.42 Å². The quantitative estimate of drug-likeness (QED) is 0.900. The lowest BCUT2D eigenvalue weighted by Crippen LogP contribution is -2.08. The van der Waals surface area contributed by atoms with Crippen molar-refractivity contribution in [1.82, 2.24) is 15.0 Å². The van der Waals surface area contributed by atoms with Gasteiger partial charge in [0.1, 0.15) is 22.4 Å². The largest absolute Gasteiger partial charge is 0.383 e. The van der Waals surface area contributed by atoms with Crippen molar-refractivity contribution in [2.24, 2.45) is 0 Å². The Labute approximate surface area is 108 Å². The first-order chi connectivity index (χ1) is 8.27.